The monoisotopic (exact) mass is 412 g/mol. The van der Waals surface area contributed by atoms with Crippen molar-refractivity contribution in [1.29, 1.82) is 0 Å². The Morgan fingerprint density at radius 3 is 2.37 bits per heavy atom. The summed E-state index contributed by atoms with van der Waals surface area (Å²) in [6.45, 7) is -0.596. The lowest BCUT2D eigenvalue weighted by Gasteiger charge is -2.07. The van der Waals surface area contributed by atoms with E-state index in [-0.39, 0.29) is 18.2 Å². The zero-order valence-electron chi connectivity index (χ0n) is 15.6. The van der Waals surface area contributed by atoms with Gasteiger partial charge in [-0.1, -0.05) is 18.2 Å². The molecule has 0 unspecified atom stereocenters. The molecule has 2 aromatic carbocycles. The van der Waals surface area contributed by atoms with Crippen LogP contribution in [0.3, 0.4) is 0 Å². The number of amides is 2. The molecule has 0 radical (unpaired) electrons. The first-order valence-corrected chi connectivity index (χ1v) is 8.80. The molecule has 2 N–H and O–H groups in total. The van der Waals surface area contributed by atoms with E-state index in [4.69, 9.17) is 13.9 Å². The molecule has 0 atom stereocenters. The van der Waals surface area contributed by atoms with Crippen LogP contribution < -0.4 is 15.6 Å². The van der Waals surface area contributed by atoms with Gasteiger partial charge >= 0.3 is 5.97 Å². The molecule has 3 rings (SSSR count). The van der Waals surface area contributed by atoms with Crippen LogP contribution in [0.2, 0.25) is 0 Å². The number of rotatable bonds is 7. The molecular formula is C21H17FN2O6. The molecule has 0 saturated heterocycles. The maximum absolute atomic E-state index is 12.9. The van der Waals surface area contributed by atoms with Gasteiger partial charge in [-0.05, 0) is 48.5 Å². The molecule has 0 saturated carbocycles. The summed E-state index contributed by atoms with van der Waals surface area (Å²) in [7, 11) is 0. The minimum atomic E-state index is -0.854. The number of hydrogen-bond donors (Lipinski definition) is 2. The summed E-state index contributed by atoms with van der Waals surface area (Å²) in [5, 5.41) is 0. The van der Waals surface area contributed by atoms with Crippen LogP contribution in [0.25, 0.3) is 0 Å². The maximum Gasteiger partial charge on any atom is 0.374 e. The molecule has 154 valence electrons. The van der Waals surface area contributed by atoms with Gasteiger partial charge in [0.1, 0.15) is 23.9 Å². The number of carbonyl (C=O) groups excluding carboxylic acids is 3. The number of furan rings is 1. The molecule has 0 aliphatic carbocycles. The highest BCUT2D eigenvalue weighted by Gasteiger charge is 2.15. The molecule has 3 aromatic rings. The van der Waals surface area contributed by atoms with Gasteiger partial charge in [-0.2, -0.15) is 0 Å². The van der Waals surface area contributed by atoms with Crippen molar-refractivity contribution in [2.75, 3.05) is 6.61 Å². The van der Waals surface area contributed by atoms with Crippen LogP contribution in [-0.4, -0.2) is 24.4 Å². The van der Waals surface area contributed by atoms with E-state index in [2.05, 4.69) is 10.9 Å². The molecule has 0 spiro atoms. The molecular weight excluding hydrogens is 395 g/mol. The van der Waals surface area contributed by atoms with Crippen LogP contribution >= 0.6 is 0 Å². The van der Waals surface area contributed by atoms with Crippen molar-refractivity contribution in [3.05, 3.63) is 89.6 Å². The number of halogens is 1. The number of ether oxygens (including phenoxy) is 2. The standard InChI is InChI=1S/C21H17FN2O6/c22-15-6-8-16(9-7-15)28-12-17-10-11-18(30-17)21(27)29-13-19(25)23-24-20(26)14-4-2-1-3-5-14/h1-11H,12-13H2,(H,23,25)(H,24,26). The number of carbonyl (C=O) groups is 3. The average molecular weight is 412 g/mol. The number of benzene rings is 2. The lowest BCUT2D eigenvalue weighted by molar-refractivity contribution is -0.125. The Balaban J connectivity index is 1.41. The van der Waals surface area contributed by atoms with Crippen LogP contribution in [0, 0.1) is 5.82 Å². The van der Waals surface area contributed by atoms with Crippen molar-refractivity contribution in [1.82, 2.24) is 10.9 Å². The van der Waals surface area contributed by atoms with Crippen molar-refractivity contribution in [3.63, 3.8) is 0 Å². The van der Waals surface area contributed by atoms with Gasteiger partial charge in [-0.25, -0.2) is 9.18 Å². The van der Waals surface area contributed by atoms with Crippen molar-refractivity contribution < 1.29 is 32.7 Å². The van der Waals surface area contributed by atoms with Gasteiger partial charge in [0.05, 0.1) is 0 Å². The molecule has 8 nitrogen and oxygen atoms in total. The molecule has 1 heterocycles. The predicted octanol–water partition coefficient (Wildman–Crippen LogP) is 2.62. The number of hydrogen-bond acceptors (Lipinski definition) is 6. The van der Waals surface area contributed by atoms with Gasteiger partial charge < -0.3 is 13.9 Å². The minimum absolute atomic E-state index is 0.0188. The molecule has 1 aromatic heterocycles. The molecule has 30 heavy (non-hydrogen) atoms. The Kier molecular flexibility index (Phi) is 6.78. The fourth-order valence-corrected chi connectivity index (χ4v) is 2.28. The average Bonchev–Trinajstić information content (AvgIpc) is 3.25. The van der Waals surface area contributed by atoms with Gasteiger partial charge in [0.15, 0.2) is 6.61 Å². The van der Waals surface area contributed by atoms with E-state index in [9.17, 15) is 18.8 Å². The van der Waals surface area contributed by atoms with E-state index in [0.717, 1.165) is 0 Å². The van der Waals surface area contributed by atoms with Gasteiger partial charge in [0.2, 0.25) is 5.76 Å². The fraction of sp³-hybridized carbons (Fsp3) is 0.0952. The summed E-state index contributed by atoms with van der Waals surface area (Å²) < 4.78 is 28.4. The molecule has 0 fully saturated rings. The van der Waals surface area contributed by atoms with Crippen molar-refractivity contribution in [3.8, 4) is 5.75 Å². The van der Waals surface area contributed by atoms with E-state index in [1.807, 2.05) is 0 Å². The van der Waals surface area contributed by atoms with Crippen LogP contribution in [0.15, 0.2) is 71.1 Å². The van der Waals surface area contributed by atoms with E-state index in [1.54, 1.807) is 30.3 Å². The largest absolute Gasteiger partial charge is 0.486 e. The highest BCUT2D eigenvalue weighted by atomic mass is 19.1. The van der Waals surface area contributed by atoms with Crippen molar-refractivity contribution in [2.24, 2.45) is 0 Å². The van der Waals surface area contributed by atoms with E-state index in [0.29, 0.717) is 17.1 Å². The minimum Gasteiger partial charge on any atom is -0.486 e. The quantitative estimate of drug-likeness (QED) is 0.456. The van der Waals surface area contributed by atoms with Gasteiger partial charge in [0.25, 0.3) is 11.8 Å². The second kappa shape index (κ2) is 9.87. The lowest BCUT2D eigenvalue weighted by Crippen LogP contribution is -2.43. The summed E-state index contributed by atoms with van der Waals surface area (Å²) in [5.74, 6) is -1.81. The van der Waals surface area contributed by atoms with Crippen molar-refractivity contribution in [2.45, 2.75) is 6.61 Å². The first-order valence-electron chi connectivity index (χ1n) is 8.80. The van der Waals surface area contributed by atoms with Crippen LogP contribution in [-0.2, 0) is 16.1 Å². The van der Waals surface area contributed by atoms with E-state index >= 15 is 0 Å². The Morgan fingerprint density at radius 1 is 0.900 bits per heavy atom. The van der Waals surface area contributed by atoms with E-state index in [1.165, 1.54) is 36.4 Å². The van der Waals surface area contributed by atoms with Gasteiger partial charge in [-0.3, -0.25) is 20.4 Å². The van der Waals surface area contributed by atoms with Gasteiger partial charge in [0, 0.05) is 5.56 Å². The zero-order chi connectivity index (χ0) is 21.3. The highest BCUT2D eigenvalue weighted by Crippen LogP contribution is 2.15. The molecule has 0 aliphatic rings. The topological polar surface area (TPSA) is 107 Å². The first-order chi connectivity index (χ1) is 14.5. The molecule has 0 bridgehead atoms. The summed E-state index contributed by atoms with van der Waals surface area (Å²) in [5.41, 5.74) is 4.71. The first kappa shape index (κ1) is 20.6. The third kappa shape index (κ3) is 5.93. The summed E-state index contributed by atoms with van der Waals surface area (Å²) in [6.07, 6.45) is 0. The number of nitrogens with one attached hydrogen (secondary N) is 2. The smallest absolute Gasteiger partial charge is 0.374 e. The lowest BCUT2D eigenvalue weighted by atomic mass is 10.2. The summed E-state index contributed by atoms with van der Waals surface area (Å²) >= 11 is 0. The van der Waals surface area contributed by atoms with Crippen LogP contribution in [0.1, 0.15) is 26.7 Å². The fourth-order valence-electron chi connectivity index (χ4n) is 2.28. The third-order valence-corrected chi connectivity index (χ3v) is 3.74. The number of esters is 1. The Hall–Kier alpha value is -4.14. The Bertz CT molecular complexity index is 1020. The summed E-state index contributed by atoms with van der Waals surface area (Å²) in [6, 6.07) is 16.6. The third-order valence-electron chi connectivity index (χ3n) is 3.74. The normalized spacial score (nSPS) is 10.2. The van der Waals surface area contributed by atoms with Crippen molar-refractivity contribution >= 4 is 17.8 Å². The highest BCUT2D eigenvalue weighted by molar-refractivity contribution is 5.95. The second-order valence-corrected chi connectivity index (χ2v) is 5.95. The maximum atomic E-state index is 12.9. The Labute approximate surface area is 170 Å². The molecule has 9 heteroatoms. The second-order valence-electron chi connectivity index (χ2n) is 5.95. The van der Waals surface area contributed by atoms with Crippen LogP contribution in [0.4, 0.5) is 4.39 Å². The SMILES string of the molecule is O=C(COC(=O)c1ccc(COc2ccc(F)cc2)o1)NNC(=O)c1ccccc1. The zero-order valence-corrected chi connectivity index (χ0v) is 15.6. The Morgan fingerprint density at radius 2 is 1.63 bits per heavy atom. The molecule has 2 amide bonds. The molecule has 0 aliphatic heterocycles. The predicted molar refractivity (Wildman–Crippen MR) is 102 cm³/mol. The summed E-state index contributed by atoms with van der Waals surface area (Å²) in [4.78, 5) is 35.5. The van der Waals surface area contributed by atoms with Crippen LogP contribution in [0.5, 0.6) is 5.75 Å². The number of hydrazine groups is 1. The van der Waals surface area contributed by atoms with E-state index < -0.39 is 24.4 Å². The van der Waals surface area contributed by atoms with Gasteiger partial charge in [-0.15, -0.1) is 0 Å².